The van der Waals surface area contributed by atoms with Gasteiger partial charge in [0.15, 0.2) is 0 Å². The number of hydrazone groups is 1. The molecule has 0 amide bonds. The Morgan fingerprint density at radius 2 is 2.31 bits per heavy atom. The second kappa shape index (κ2) is 6.23. The molecular formula is C12H17FN2O. The third-order valence-electron chi connectivity index (χ3n) is 2.40. The largest absolute Gasteiger partial charge is 0.374 e. The van der Waals surface area contributed by atoms with E-state index < -0.39 is 0 Å². The molecule has 2 N–H and O–H groups in total. The smallest absolute Gasteiger partial charge is 0.129 e. The molecule has 88 valence electrons. The first-order chi connectivity index (χ1) is 7.67. The highest BCUT2D eigenvalue weighted by Gasteiger charge is 2.05. The number of nitrogens with zero attached hydrogens (tertiary/aromatic N) is 1. The van der Waals surface area contributed by atoms with Crippen LogP contribution in [0.15, 0.2) is 23.3 Å². The molecule has 16 heavy (non-hydrogen) atoms. The van der Waals surface area contributed by atoms with Crippen molar-refractivity contribution in [2.75, 3.05) is 0 Å². The first-order valence-electron chi connectivity index (χ1n) is 5.30. The van der Waals surface area contributed by atoms with Crippen molar-refractivity contribution < 1.29 is 9.13 Å². The highest BCUT2D eigenvalue weighted by atomic mass is 19.1. The minimum absolute atomic E-state index is 0.143. The number of hydrogen-bond acceptors (Lipinski definition) is 3. The maximum Gasteiger partial charge on any atom is 0.129 e. The zero-order chi connectivity index (χ0) is 12.0. The third kappa shape index (κ3) is 3.62. The lowest BCUT2D eigenvalue weighted by Crippen LogP contribution is -2.07. The second-order valence-corrected chi connectivity index (χ2v) is 3.66. The van der Waals surface area contributed by atoms with Crippen molar-refractivity contribution >= 4 is 6.21 Å². The summed E-state index contributed by atoms with van der Waals surface area (Å²) in [5.41, 5.74) is 1.20. The summed E-state index contributed by atoms with van der Waals surface area (Å²) in [5.74, 6) is 4.70. The van der Waals surface area contributed by atoms with Gasteiger partial charge in [-0.1, -0.05) is 19.1 Å². The SMILES string of the molecule is CCC(C)OCc1ccc(C=NN)cc1F. The van der Waals surface area contributed by atoms with Crippen molar-refractivity contribution in [3.05, 3.63) is 35.1 Å². The van der Waals surface area contributed by atoms with Gasteiger partial charge in [-0.15, -0.1) is 0 Å². The summed E-state index contributed by atoms with van der Waals surface area (Å²) >= 11 is 0. The molecule has 0 aromatic heterocycles. The lowest BCUT2D eigenvalue weighted by molar-refractivity contribution is 0.0492. The van der Waals surface area contributed by atoms with Crippen molar-refractivity contribution in [3.8, 4) is 0 Å². The van der Waals surface area contributed by atoms with Gasteiger partial charge in [-0.05, 0) is 25.0 Å². The maximum atomic E-state index is 13.5. The molecule has 4 heteroatoms. The monoisotopic (exact) mass is 224 g/mol. The number of halogens is 1. The summed E-state index contributed by atoms with van der Waals surface area (Å²) in [4.78, 5) is 0. The van der Waals surface area contributed by atoms with Gasteiger partial charge in [0, 0.05) is 5.56 Å². The normalized spacial score (nSPS) is 13.2. The van der Waals surface area contributed by atoms with Crippen molar-refractivity contribution in [2.45, 2.75) is 33.0 Å². The van der Waals surface area contributed by atoms with Crippen molar-refractivity contribution in [3.63, 3.8) is 0 Å². The Labute approximate surface area is 95.1 Å². The molecular weight excluding hydrogens is 207 g/mol. The molecule has 0 saturated carbocycles. The van der Waals surface area contributed by atoms with Gasteiger partial charge in [-0.25, -0.2) is 4.39 Å². The number of rotatable bonds is 5. The van der Waals surface area contributed by atoms with Crippen LogP contribution in [0.4, 0.5) is 4.39 Å². The fourth-order valence-electron chi connectivity index (χ4n) is 1.20. The third-order valence-corrected chi connectivity index (χ3v) is 2.40. The van der Waals surface area contributed by atoms with Gasteiger partial charge < -0.3 is 10.6 Å². The Balaban J connectivity index is 2.68. The summed E-state index contributed by atoms with van der Waals surface area (Å²) in [6, 6.07) is 4.84. The standard InChI is InChI=1S/C12H17FN2O/c1-3-9(2)16-8-11-5-4-10(7-15-14)6-12(11)13/h4-7,9H,3,8,14H2,1-2H3. The molecule has 0 aliphatic rings. The van der Waals surface area contributed by atoms with Gasteiger partial charge in [0.2, 0.25) is 0 Å². The lowest BCUT2D eigenvalue weighted by atomic mass is 10.1. The molecule has 0 saturated heterocycles. The van der Waals surface area contributed by atoms with Crippen LogP contribution in [-0.4, -0.2) is 12.3 Å². The predicted octanol–water partition coefficient (Wildman–Crippen LogP) is 2.43. The Morgan fingerprint density at radius 3 is 2.88 bits per heavy atom. The van der Waals surface area contributed by atoms with E-state index in [0.717, 1.165) is 6.42 Å². The van der Waals surface area contributed by atoms with Crippen molar-refractivity contribution in [2.24, 2.45) is 10.9 Å². The van der Waals surface area contributed by atoms with Crippen molar-refractivity contribution in [1.82, 2.24) is 0 Å². The molecule has 1 atom stereocenters. The van der Waals surface area contributed by atoms with E-state index in [1.165, 1.54) is 12.3 Å². The summed E-state index contributed by atoms with van der Waals surface area (Å²) in [6.45, 7) is 4.29. The van der Waals surface area contributed by atoms with Gasteiger partial charge in [0.1, 0.15) is 5.82 Å². The van der Waals surface area contributed by atoms with Crippen LogP contribution < -0.4 is 5.84 Å². The number of hydrogen-bond donors (Lipinski definition) is 1. The number of nitrogens with two attached hydrogens (primary N) is 1. The predicted molar refractivity (Wildman–Crippen MR) is 62.7 cm³/mol. The number of ether oxygens (including phenoxy) is 1. The Bertz CT molecular complexity index is 366. The van der Waals surface area contributed by atoms with Crippen LogP contribution in [0.2, 0.25) is 0 Å². The van der Waals surface area contributed by atoms with Crippen molar-refractivity contribution in [1.29, 1.82) is 0 Å². The fraction of sp³-hybridized carbons (Fsp3) is 0.417. The van der Waals surface area contributed by atoms with E-state index >= 15 is 0 Å². The van der Waals surface area contributed by atoms with Gasteiger partial charge in [-0.3, -0.25) is 0 Å². The molecule has 1 unspecified atom stereocenters. The quantitative estimate of drug-likeness (QED) is 0.474. The summed E-state index contributed by atoms with van der Waals surface area (Å²) < 4.78 is 19.0. The van der Waals surface area contributed by atoms with E-state index in [-0.39, 0.29) is 11.9 Å². The second-order valence-electron chi connectivity index (χ2n) is 3.66. The van der Waals surface area contributed by atoms with E-state index in [1.54, 1.807) is 12.1 Å². The highest BCUT2D eigenvalue weighted by molar-refractivity contribution is 5.79. The Kier molecular flexibility index (Phi) is 4.92. The zero-order valence-electron chi connectivity index (χ0n) is 9.61. The maximum absolute atomic E-state index is 13.5. The first kappa shape index (κ1) is 12.6. The van der Waals surface area contributed by atoms with Crippen LogP contribution in [-0.2, 0) is 11.3 Å². The summed E-state index contributed by atoms with van der Waals surface area (Å²) in [6.07, 6.45) is 2.46. The molecule has 0 fully saturated rings. The molecule has 0 radical (unpaired) electrons. The van der Waals surface area contributed by atoms with Crippen LogP contribution in [0.1, 0.15) is 31.4 Å². The average Bonchev–Trinajstić information content (AvgIpc) is 2.28. The highest BCUT2D eigenvalue weighted by Crippen LogP contribution is 2.12. The van der Waals surface area contributed by atoms with Gasteiger partial charge >= 0.3 is 0 Å². The molecule has 0 bridgehead atoms. The molecule has 0 heterocycles. The summed E-state index contributed by atoms with van der Waals surface area (Å²) in [7, 11) is 0. The van der Waals surface area contributed by atoms with Gasteiger partial charge in [-0.2, -0.15) is 5.10 Å². The Morgan fingerprint density at radius 1 is 1.56 bits per heavy atom. The van der Waals surface area contributed by atoms with Crippen LogP contribution in [0.3, 0.4) is 0 Å². The first-order valence-corrected chi connectivity index (χ1v) is 5.30. The van der Waals surface area contributed by atoms with Crippen LogP contribution in [0.25, 0.3) is 0 Å². The zero-order valence-corrected chi connectivity index (χ0v) is 9.61. The van der Waals surface area contributed by atoms with Crippen LogP contribution in [0.5, 0.6) is 0 Å². The average molecular weight is 224 g/mol. The molecule has 3 nitrogen and oxygen atoms in total. The molecule has 1 aromatic carbocycles. The minimum atomic E-state index is -0.291. The van der Waals surface area contributed by atoms with Gasteiger partial charge in [0.05, 0.1) is 18.9 Å². The molecule has 1 aromatic rings. The van der Waals surface area contributed by atoms with E-state index in [4.69, 9.17) is 10.6 Å². The van der Waals surface area contributed by atoms with Crippen LogP contribution >= 0.6 is 0 Å². The molecule has 1 rings (SSSR count). The minimum Gasteiger partial charge on any atom is -0.374 e. The van der Waals surface area contributed by atoms with Crippen LogP contribution in [0, 0.1) is 5.82 Å². The van der Waals surface area contributed by atoms with E-state index in [1.807, 2.05) is 13.8 Å². The van der Waals surface area contributed by atoms with Gasteiger partial charge in [0.25, 0.3) is 0 Å². The van der Waals surface area contributed by atoms with E-state index in [0.29, 0.717) is 17.7 Å². The van der Waals surface area contributed by atoms with E-state index in [9.17, 15) is 4.39 Å². The topological polar surface area (TPSA) is 47.6 Å². The Hall–Kier alpha value is -1.42. The molecule has 0 spiro atoms. The fourth-order valence-corrected chi connectivity index (χ4v) is 1.20. The van der Waals surface area contributed by atoms with E-state index in [2.05, 4.69) is 5.10 Å². The molecule has 0 aliphatic carbocycles. The molecule has 0 aliphatic heterocycles. The lowest BCUT2D eigenvalue weighted by Gasteiger charge is -2.11. The summed E-state index contributed by atoms with van der Waals surface area (Å²) in [5, 5.41) is 3.34. The number of benzene rings is 1.